The largest absolute Gasteiger partial charge is 0.467 e. The second kappa shape index (κ2) is 10.6. The Balaban J connectivity index is 1.55. The highest BCUT2D eigenvalue weighted by Gasteiger charge is 2.40. The SMILES string of the molecule is COC(=O)C1CN(c2ccc(C(C)N3CCCC(c4ccccc4)S3(=O)=O)c(F)c2)CCN1C(C)=O. The van der Waals surface area contributed by atoms with Crippen LogP contribution in [0.25, 0.3) is 0 Å². The van der Waals surface area contributed by atoms with E-state index in [1.54, 1.807) is 19.1 Å². The molecule has 8 nitrogen and oxygen atoms in total. The number of hydrogen-bond acceptors (Lipinski definition) is 6. The van der Waals surface area contributed by atoms with Crippen LogP contribution in [0.2, 0.25) is 0 Å². The highest BCUT2D eigenvalue weighted by atomic mass is 32.2. The normalized spacial score (nSPS) is 23.2. The molecule has 3 atom stereocenters. The first-order valence-electron chi connectivity index (χ1n) is 12.1. The van der Waals surface area contributed by atoms with Gasteiger partial charge in [0.2, 0.25) is 15.9 Å². The molecule has 3 unspecified atom stereocenters. The van der Waals surface area contributed by atoms with E-state index >= 15 is 4.39 Å². The molecule has 0 radical (unpaired) electrons. The summed E-state index contributed by atoms with van der Waals surface area (Å²) in [6.07, 6.45) is 1.22. The van der Waals surface area contributed by atoms with Gasteiger partial charge in [0.25, 0.3) is 0 Å². The third-order valence-corrected chi connectivity index (χ3v) is 9.57. The lowest BCUT2D eigenvalue weighted by atomic mass is 10.0. The maximum absolute atomic E-state index is 15.4. The smallest absolute Gasteiger partial charge is 0.330 e. The predicted octanol–water partition coefficient (Wildman–Crippen LogP) is 3.26. The number of halogens is 1. The number of anilines is 1. The van der Waals surface area contributed by atoms with Gasteiger partial charge in [-0.1, -0.05) is 36.4 Å². The zero-order valence-corrected chi connectivity index (χ0v) is 21.6. The van der Waals surface area contributed by atoms with Gasteiger partial charge < -0.3 is 14.5 Å². The maximum Gasteiger partial charge on any atom is 0.330 e. The number of carbonyl (C=O) groups excluding carboxylic acids is 2. The van der Waals surface area contributed by atoms with E-state index in [1.165, 1.54) is 29.3 Å². The van der Waals surface area contributed by atoms with E-state index in [0.717, 1.165) is 5.56 Å². The van der Waals surface area contributed by atoms with Crippen LogP contribution in [0.1, 0.15) is 49.1 Å². The summed E-state index contributed by atoms with van der Waals surface area (Å²) in [6.45, 7) is 4.37. The number of methoxy groups -OCH3 is 1. The van der Waals surface area contributed by atoms with Crippen molar-refractivity contribution in [2.24, 2.45) is 0 Å². The molecule has 10 heteroatoms. The first kappa shape index (κ1) is 26.1. The van der Waals surface area contributed by atoms with Gasteiger partial charge in [0.05, 0.1) is 7.11 Å². The van der Waals surface area contributed by atoms with Gasteiger partial charge in [0.15, 0.2) is 0 Å². The van der Waals surface area contributed by atoms with Gasteiger partial charge in [-0.15, -0.1) is 0 Å². The minimum Gasteiger partial charge on any atom is -0.467 e. The fourth-order valence-corrected chi connectivity index (χ4v) is 7.46. The van der Waals surface area contributed by atoms with Crippen molar-refractivity contribution in [1.82, 2.24) is 9.21 Å². The Labute approximate surface area is 211 Å². The third kappa shape index (κ3) is 4.97. The second-order valence-electron chi connectivity index (χ2n) is 9.28. The third-order valence-electron chi connectivity index (χ3n) is 7.19. The minimum absolute atomic E-state index is 0.180. The van der Waals surface area contributed by atoms with Gasteiger partial charge in [0, 0.05) is 50.4 Å². The zero-order chi connectivity index (χ0) is 26.0. The van der Waals surface area contributed by atoms with Crippen molar-refractivity contribution in [1.29, 1.82) is 0 Å². The summed E-state index contributed by atoms with van der Waals surface area (Å²) in [4.78, 5) is 27.5. The topological polar surface area (TPSA) is 87.2 Å². The fourth-order valence-electron chi connectivity index (χ4n) is 5.23. The van der Waals surface area contributed by atoms with Gasteiger partial charge in [-0.25, -0.2) is 17.6 Å². The van der Waals surface area contributed by atoms with E-state index in [9.17, 15) is 18.0 Å². The van der Waals surface area contributed by atoms with Crippen molar-refractivity contribution in [3.8, 4) is 0 Å². The summed E-state index contributed by atoms with van der Waals surface area (Å²) < 4.78 is 48.6. The number of hydrogen-bond donors (Lipinski definition) is 0. The van der Waals surface area contributed by atoms with Crippen LogP contribution in [0, 0.1) is 5.82 Å². The number of rotatable bonds is 5. The number of piperazine rings is 1. The lowest BCUT2D eigenvalue weighted by Gasteiger charge is -2.40. The maximum atomic E-state index is 15.4. The number of benzene rings is 2. The lowest BCUT2D eigenvalue weighted by molar-refractivity contribution is -0.152. The highest BCUT2D eigenvalue weighted by molar-refractivity contribution is 7.89. The molecule has 4 rings (SSSR count). The molecule has 2 aromatic carbocycles. The first-order valence-corrected chi connectivity index (χ1v) is 13.6. The molecule has 1 amide bonds. The van der Waals surface area contributed by atoms with Crippen LogP contribution >= 0.6 is 0 Å². The van der Waals surface area contributed by atoms with Crippen LogP contribution in [0.3, 0.4) is 0 Å². The van der Waals surface area contributed by atoms with Gasteiger partial charge in [-0.05, 0) is 37.5 Å². The van der Waals surface area contributed by atoms with Crippen molar-refractivity contribution >= 4 is 27.6 Å². The molecule has 0 N–H and O–H groups in total. The van der Waals surface area contributed by atoms with Gasteiger partial charge >= 0.3 is 5.97 Å². The quantitative estimate of drug-likeness (QED) is 0.566. The molecule has 0 aromatic heterocycles. The summed E-state index contributed by atoms with van der Waals surface area (Å²) in [5.74, 6) is -1.26. The predicted molar refractivity (Wildman–Crippen MR) is 134 cm³/mol. The van der Waals surface area contributed by atoms with E-state index in [1.807, 2.05) is 35.2 Å². The van der Waals surface area contributed by atoms with Crippen molar-refractivity contribution in [3.05, 3.63) is 65.5 Å². The number of esters is 1. The van der Waals surface area contributed by atoms with Crippen molar-refractivity contribution in [2.45, 2.75) is 44.0 Å². The molecule has 2 heterocycles. The number of nitrogens with zero attached hydrogens (tertiary/aromatic N) is 3. The van der Waals surface area contributed by atoms with E-state index in [-0.39, 0.29) is 12.5 Å². The first-order chi connectivity index (χ1) is 17.1. The summed E-state index contributed by atoms with van der Waals surface area (Å²) in [5.41, 5.74) is 1.60. The Bertz CT molecular complexity index is 1220. The average Bonchev–Trinajstić information content (AvgIpc) is 2.87. The van der Waals surface area contributed by atoms with Crippen LogP contribution in [-0.4, -0.2) is 68.8 Å². The van der Waals surface area contributed by atoms with Crippen molar-refractivity contribution in [2.75, 3.05) is 38.2 Å². The Morgan fingerprint density at radius 2 is 1.81 bits per heavy atom. The summed E-state index contributed by atoms with van der Waals surface area (Å²) in [5, 5.41) is -0.648. The highest BCUT2D eigenvalue weighted by Crippen LogP contribution is 2.39. The van der Waals surface area contributed by atoms with Crippen molar-refractivity contribution < 1.29 is 27.1 Å². The second-order valence-corrected chi connectivity index (χ2v) is 11.3. The number of amides is 1. The van der Waals surface area contributed by atoms with Crippen LogP contribution in [-0.2, 0) is 24.3 Å². The van der Waals surface area contributed by atoms with E-state index in [4.69, 9.17) is 4.74 Å². The molecule has 0 spiro atoms. The molecular weight excluding hydrogens is 485 g/mol. The van der Waals surface area contributed by atoms with Gasteiger partial charge in [-0.2, -0.15) is 4.31 Å². The van der Waals surface area contributed by atoms with Gasteiger partial charge in [-0.3, -0.25) is 4.79 Å². The summed E-state index contributed by atoms with van der Waals surface area (Å²) >= 11 is 0. The molecule has 2 saturated heterocycles. The molecule has 2 aliphatic rings. The zero-order valence-electron chi connectivity index (χ0n) is 20.8. The number of carbonyl (C=O) groups is 2. The summed E-state index contributed by atoms with van der Waals surface area (Å²) in [6, 6.07) is 12.4. The number of sulfonamides is 1. The standard InChI is InChI=1S/C26H32FN3O5S/c1-18(30-13-7-10-25(36(30,33)34)20-8-5-4-6-9-20)22-12-11-21(16-23(22)27)28-14-15-29(19(2)31)24(17-28)26(32)35-3/h4-6,8-9,11-12,16,18,24-25H,7,10,13-15,17H2,1-3H3. The molecule has 2 fully saturated rings. The Kier molecular flexibility index (Phi) is 7.65. The van der Waals surface area contributed by atoms with Crippen LogP contribution in [0.4, 0.5) is 10.1 Å². The Morgan fingerprint density at radius 1 is 1.08 bits per heavy atom. The minimum atomic E-state index is -3.68. The van der Waals surface area contributed by atoms with Gasteiger partial charge in [0.1, 0.15) is 17.1 Å². The molecule has 2 aliphatic heterocycles. The lowest BCUT2D eigenvalue weighted by Crippen LogP contribution is -2.58. The van der Waals surface area contributed by atoms with E-state index in [2.05, 4.69) is 0 Å². The number of ether oxygens (including phenoxy) is 1. The molecule has 194 valence electrons. The molecular formula is C26H32FN3O5S. The Morgan fingerprint density at radius 3 is 2.44 bits per heavy atom. The fraction of sp³-hybridized carbons (Fsp3) is 0.462. The molecule has 0 aliphatic carbocycles. The Hall–Kier alpha value is -2.98. The summed E-state index contributed by atoms with van der Waals surface area (Å²) in [7, 11) is -2.41. The average molecular weight is 518 g/mol. The molecule has 0 saturated carbocycles. The van der Waals surface area contributed by atoms with Crippen LogP contribution in [0.15, 0.2) is 48.5 Å². The monoisotopic (exact) mass is 517 g/mol. The molecule has 36 heavy (non-hydrogen) atoms. The van der Waals surface area contributed by atoms with Crippen LogP contribution < -0.4 is 4.90 Å². The molecule has 0 bridgehead atoms. The van der Waals surface area contributed by atoms with E-state index < -0.39 is 39.1 Å². The van der Waals surface area contributed by atoms with E-state index in [0.29, 0.717) is 43.7 Å². The molecule has 2 aromatic rings. The van der Waals surface area contributed by atoms with Crippen molar-refractivity contribution in [3.63, 3.8) is 0 Å². The van der Waals surface area contributed by atoms with Crippen LogP contribution in [0.5, 0.6) is 0 Å².